The van der Waals surface area contributed by atoms with E-state index in [1.807, 2.05) is 6.92 Å². The monoisotopic (exact) mass is 455 g/mol. The summed E-state index contributed by atoms with van der Waals surface area (Å²) >= 11 is 2.94. The standard InChI is InChI=1S/C23H25N3O3S2/c1-4-17(20(28)24-15-11-9-14(10-12-15)13(2)27)31-23-25-21-19(22(29)26(23)3)16-7-5-6-8-18(16)30-21/h9-12,17H,4-8H2,1-3H3,(H,24,28). The second-order valence-corrected chi connectivity index (χ2v) is 10.0. The second kappa shape index (κ2) is 8.96. The fourth-order valence-corrected chi connectivity index (χ4v) is 6.11. The van der Waals surface area contributed by atoms with Crippen molar-refractivity contribution in [2.45, 2.75) is 56.4 Å². The number of carbonyl (C=O) groups is 2. The van der Waals surface area contributed by atoms with Crippen LogP contribution in [0.3, 0.4) is 0 Å². The molecule has 0 radical (unpaired) electrons. The fraction of sp³-hybridized carbons (Fsp3) is 0.391. The molecule has 1 aliphatic carbocycles. The van der Waals surface area contributed by atoms with E-state index in [9.17, 15) is 14.4 Å². The number of fused-ring (bicyclic) bond motifs is 3. The van der Waals surface area contributed by atoms with E-state index in [0.29, 0.717) is 22.8 Å². The number of hydrogen-bond acceptors (Lipinski definition) is 6. The van der Waals surface area contributed by atoms with E-state index in [0.717, 1.165) is 35.9 Å². The van der Waals surface area contributed by atoms with Crippen molar-refractivity contribution in [3.05, 3.63) is 50.6 Å². The van der Waals surface area contributed by atoms with Crippen molar-refractivity contribution in [1.29, 1.82) is 0 Å². The van der Waals surface area contributed by atoms with Crippen LogP contribution in [-0.2, 0) is 24.7 Å². The summed E-state index contributed by atoms with van der Waals surface area (Å²) in [6, 6.07) is 6.85. The van der Waals surface area contributed by atoms with Crippen molar-refractivity contribution in [2.75, 3.05) is 5.32 Å². The number of benzene rings is 1. The predicted octanol–water partition coefficient (Wildman–Crippen LogP) is 4.59. The minimum absolute atomic E-state index is 0.0162. The molecule has 3 aromatic rings. The number of thiophene rings is 1. The number of Topliss-reactive ketones (excluding diaryl/α,β-unsaturated/α-hetero) is 1. The average molecular weight is 456 g/mol. The summed E-state index contributed by atoms with van der Waals surface area (Å²) < 4.78 is 1.58. The molecule has 2 aromatic heterocycles. The first-order valence-corrected chi connectivity index (χ1v) is 12.2. The lowest BCUT2D eigenvalue weighted by atomic mass is 9.97. The van der Waals surface area contributed by atoms with Crippen molar-refractivity contribution in [3.63, 3.8) is 0 Å². The number of nitrogens with zero attached hydrogens (tertiary/aromatic N) is 2. The molecule has 1 N–H and O–H groups in total. The van der Waals surface area contributed by atoms with Gasteiger partial charge in [0.25, 0.3) is 5.56 Å². The van der Waals surface area contributed by atoms with Gasteiger partial charge in [0.2, 0.25) is 5.91 Å². The maximum Gasteiger partial charge on any atom is 0.262 e. The van der Waals surface area contributed by atoms with E-state index in [-0.39, 0.29) is 17.2 Å². The largest absolute Gasteiger partial charge is 0.325 e. The normalized spacial score (nSPS) is 14.3. The highest BCUT2D eigenvalue weighted by molar-refractivity contribution is 8.00. The van der Waals surface area contributed by atoms with Gasteiger partial charge in [-0.25, -0.2) is 4.98 Å². The number of aryl methyl sites for hydroxylation is 2. The van der Waals surface area contributed by atoms with Crippen LogP contribution >= 0.6 is 23.1 Å². The number of anilines is 1. The summed E-state index contributed by atoms with van der Waals surface area (Å²) in [6.07, 6.45) is 4.83. The summed E-state index contributed by atoms with van der Waals surface area (Å²) in [7, 11) is 1.73. The van der Waals surface area contributed by atoms with Crippen molar-refractivity contribution in [3.8, 4) is 0 Å². The zero-order valence-corrected chi connectivity index (χ0v) is 19.5. The minimum Gasteiger partial charge on any atom is -0.325 e. The molecule has 1 unspecified atom stereocenters. The van der Waals surface area contributed by atoms with Gasteiger partial charge in [-0.05, 0) is 68.9 Å². The Bertz CT molecular complexity index is 1210. The summed E-state index contributed by atoms with van der Waals surface area (Å²) in [5, 5.41) is 3.83. The van der Waals surface area contributed by atoms with Crippen LogP contribution in [0.5, 0.6) is 0 Å². The Labute approximate surface area is 189 Å². The van der Waals surface area contributed by atoms with E-state index >= 15 is 0 Å². The molecule has 8 heteroatoms. The topological polar surface area (TPSA) is 81.1 Å². The Kier molecular flexibility index (Phi) is 6.29. The number of amides is 1. The molecule has 0 spiro atoms. The van der Waals surface area contributed by atoms with Gasteiger partial charge in [-0.2, -0.15) is 0 Å². The third-order valence-corrected chi connectivity index (χ3v) is 8.22. The highest BCUT2D eigenvalue weighted by Crippen LogP contribution is 2.35. The molecule has 1 amide bonds. The van der Waals surface area contributed by atoms with Crippen LogP contribution in [0, 0.1) is 0 Å². The zero-order valence-electron chi connectivity index (χ0n) is 17.9. The van der Waals surface area contributed by atoms with Crippen LogP contribution in [0.25, 0.3) is 10.2 Å². The summed E-state index contributed by atoms with van der Waals surface area (Å²) in [5.74, 6) is -0.166. The first-order chi connectivity index (χ1) is 14.9. The first-order valence-electron chi connectivity index (χ1n) is 10.5. The molecule has 4 rings (SSSR count). The molecular weight excluding hydrogens is 430 g/mol. The van der Waals surface area contributed by atoms with Crippen LogP contribution in [0.15, 0.2) is 34.2 Å². The molecule has 0 saturated carbocycles. The van der Waals surface area contributed by atoms with E-state index in [1.54, 1.807) is 47.2 Å². The third-order valence-electron chi connectivity index (χ3n) is 5.63. The number of nitrogens with one attached hydrogen (secondary N) is 1. The van der Waals surface area contributed by atoms with E-state index in [1.165, 1.54) is 29.1 Å². The Balaban J connectivity index is 1.57. The van der Waals surface area contributed by atoms with Crippen molar-refractivity contribution >= 4 is 50.7 Å². The highest BCUT2D eigenvalue weighted by atomic mass is 32.2. The van der Waals surface area contributed by atoms with Gasteiger partial charge >= 0.3 is 0 Å². The Morgan fingerprint density at radius 3 is 2.61 bits per heavy atom. The molecule has 1 aromatic carbocycles. The number of hydrogen-bond donors (Lipinski definition) is 1. The molecule has 162 valence electrons. The predicted molar refractivity (Wildman–Crippen MR) is 127 cm³/mol. The molecule has 1 atom stereocenters. The molecular formula is C23H25N3O3S2. The average Bonchev–Trinajstić information content (AvgIpc) is 3.13. The molecule has 31 heavy (non-hydrogen) atoms. The highest BCUT2D eigenvalue weighted by Gasteiger charge is 2.24. The first kappa shape index (κ1) is 21.8. The number of ketones is 1. The maximum atomic E-state index is 13.1. The van der Waals surface area contributed by atoms with Gasteiger partial charge in [0.05, 0.1) is 10.6 Å². The van der Waals surface area contributed by atoms with Gasteiger partial charge in [-0.15, -0.1) is 11.3 Å². The van der Waals surface area contributed by atoms with Crippen molar-refractivity contribution in [2.24, 2.45) is 7.05 Å². The SMILES string of the molecule is CCC(Sc1nc2sc3c(c2c(=O)n1C)CCCC3)C(=O)Nc1ccc(C(C)=O)cc1. The number of rotatable bonds is 6. The molecule has 1 aliphatic rings. The van der Waals surface area contributed by atoms with Gasteiger partial charge in [0.1, 0.15) is 4.83 Å². The molecule has 0 aliphatic heterocycles. The van der Waals surface area contributed by atoms with Crippen molar-refractivity contribution < 1.29 is 9.59 Å². The van der Waals surface area contributed by atoms with Gasteiger partial charge < -0.3 is 5.32 Å². The van der Waals surface area contributed by atoms with Gasteiger partial charge in [-0.3, -0.25) is 19.0 Å². The lowest BCUT2D eigenvalue weighted by molar-refractivity contribution is -0.115. The van der Waals surface area contributed by atoms with Crippen LogP contribution < -0.4 is 10.9 Å². The third kappa shape index (κ3) is 4.32. The van der Waals surface area contributed by atoms with E-state index in [4.69, 9.17) is 4.98 Å². The van der Waals surface area contributed by atoms with Gasteiger partial charge in [0.15, 0.2) is 10.9 Å². The Morgan fingerprint density at radius 1 is 1.23 bits per heavy atom. The van der Waals surface area contributed by atoms with E-state index in [2.05, 4.69) is 5.32 Å². The van der Waals surface area contributed by atoms with Crippen LogP contribution in [0.2, 0.25) is 0 Å². The molecule has 0 saturated heterocycles. The number of thioether (sulfide) groups is 1. The van der Waals surface area contributed by atoms with Gasteiger partial charge in [0, 0.05) is 23.2 Å². The van der Waals surface area contributed by atoms with Crippen LogP contribution in [-0.4, -0.2) is 26.5 Å². The van der Waals surface area contributed by atoms with Crippen LogP contribution in [0.4, 0.5) is 5.69 Å². The summed E-state index contributed by atoms with van der Waals surface area (Å²) in [5.41, 5.74) is 2.39. The summed E-state index contributed by atoms with van der Waals surface area (Å²) in [6.45, 7) is 3.45. The fourth-order valence-electron chi connectivity index (χ4n) is 3.83. The molecule has 0 fully saturated rings. The minimum atomic E-state index is -0.391. The quantitative estimate of drug-likeness (QED) is 0.334. The lowest BCUT2D eigenvalue weighted by Crippen LogP contribution is -2.27. The second-order valence-electron chi connectivity index (χ2n) is 7.79. The number of aromatic nitrogens is 2. The zero-order chi connectivity index (χ0) is 22.1. The molecule has 2 heterocycles. The van der Waals surface area contributed by atoms with Crippen molar-refractivity contribution in [1.82, 2.24) is 9.55 Å². The Morgan fingerprint density at radius 2 is 1.94 bits per heavy atom. The summed E-state index contributed by atoms with van der Waals surface area (Å²) in [4.78, 5) is 44.2. The molecule has 0 bridgehead atoms. The van der Waals surface area contributed by atoms with E-state index < -0.39 is 5.25 Å². The molecule has 6 nitrogen and oxygen atoms in total. The Hall–Kier alpha value is -2.45. The smallest absolute Gasteiger partial charge is 0.262 e. The van der Waals surface area contributed by atoms with Crippen LogP contribution in [0.1, 0.15) is 53.9 Å². The maximum absolute atomic E-state index is 13.1. The number of carbonyl (C=O) groups excluding carboxylic acids is 2. The van der Waals surface area contributed by atoms with Gasteiger partial charge in [-0.1, -0.05) is 18.7 Å². The lowest BCUT2D eigenvalue weighted by Gasteiger charge is -2.16.